The van der Waals surface area contributed by atoms with Gasteiger partial charge in [-0.1, -0.05) is 18.9 Å². The summed E-state index contributed by atoms with van der Waals surface area (Å²) in [6.45, 7) is 2.89. The lowest BCUT2D eigenvalue weighted by atomic mass is 9.85. The first-order chi connectivity index (χ1) is 6.83. The second kappa shape index (κ2) is 4.16. The molecule has 0 radical (unpaired) electrons. The zero-order chi connectivity index (χ0) is 9.97. The summed E-state index contributed by atoms with van der Waals surface area (Å²) in [7, 11) is 0. The minimum Gasteiger partial charge on any atom is -0.336 e. The Labute approximate surface area is 86.0 Å². The first-order valence-electron chi connectivity index (χ1n) is 5.76. The van der Waals surface area contributed by atoms with E-state index in [4.69, 9.17) is 0 Å². The van der Waals surface area contributed by atoms with Crippen LogP contribution >= 0.6 is 0 Å². The summed E-state index contributed by atoms with van der Waals surface area (Å²) < 4.78 is 0. The van der Waals surface area contributed by atoms with Crippen molar-refractivity contribution in [3.63, 3.8) is 0 Å². The van der Waals surface area contributed by atoms with Gasteiger partial charge in [-0.3, -0.25) is 4.79 Å². The lowest BCUT2D eigenvalue weighted by Gasteiger charge is -2.31. The average Bonchev–Trinajstić information content (AvgIpc) is 2.61. The molecule has 2 heteroatoms. The van der Waals surface area contributed by atoms with Crippen LogP contribution < -0.4 is 0 Å². The largest absolute Gasteiger partial charge is 0.336 e. The van der Waals surface area contributed by atoms with Crippen molar-refractivity contribution in [2.45, 2.75) is 45.1 Å². The minimum absolute atomic E-state index is 0.224. The van der Waals surface area contributed by atoms with Crippen molar-refractivity contribution in [2.24, 2.45) is 5.92 Å². The number of likely N-dealkylation sites (tertiary alicyclic amines) is 1. The first kappa shape index (κ1) is 9.75. The van der Waals surface area contributed by atoms with Crippen LogP contribution in [0.25, 0.3) is 0 Å². The molecule has 1 amide bonds. The average molecular weight is 193 g/mol. The summed E-state index contributed by atoms with van der Waals surface area (Å²) in [6, 6.07) is 0.562. The van der Waals surface area contributed by atoms with Gasteiger partial charge in [0.15, 0.2) is 0 Å². The van der Waals surface area contributed by atoms with Crippen molar-refractivity contribution >= 4 is 5.91 Å². The number of fused-ring (bicyclic) bond motifs is 1. The molecule has 1 heterocycles. The van der Waals surface area contributed by atoms with Crippen LogP contribution in [0, 0.1) is 5.92 Å². The van der Waals surface area contributed by atoms with Crippen LogP contribution in [0.3, 0.4) is 0 Å². The van der Waals surface area contributed by atoms with Crippen LogP contribution in [0.1, 0.15) is 39.0 Å². The smallest absolute Gasteiger partial charge is 0.246 e. The molecule has 1 saturated carbocycles. The number of nitrogens with zero attached hydrogens (tertiary/aromatic N) is 1. The third-order valence-corrected chi connectivity index (χ3v) is 3.60. The number of carbonyl (C=O) groups excluding carboxylic acids is 1. The highest BCUT2D eigenvalue weighted by Gasteiger charge is 2.37. The Morgan fingerprint density at radius 1 is 1.29 bits per heavy atom. The Bertz CT molecular complexity index is 247. The first-order valence-corrected chi connectivity index (χ1v) is 5.76. The molecule has 0 aromatic heterocycles. The quantitative estimate of drug-likeness (QED) is 0.585. The van der Waals surface area contributed by atoms with E-state index in [1.54, 1.807) is 6.08 Å². The molecular formula is C12H19NO. The Morgan fingerprint density at radius 2 is 2.07 bits per heavy atom. The number of amides is 1. The molecule has 2 unspecified atom stereocenters. The standard InChI is InChI=1S/C12H19NO/c1-2-5-12(14)13-9-8-10-6-3-4-7-11(10)13/h2,5,10-11H,3-4,6-9H2,1H3/b5-2+. The molecule has 0 bridgehead atoms. The third-order valence-electron chi connectivity index (χ3n) is 3.60. The number of hydrogen-bond acceptors (Lipinski definition) is 1. The maximum Gasteiger partial charge on any atom is 0.246 e. The van der Waals surface area contributed by atoms with E-state index < -0.39 is 0 Å². The Kier molecular flexibility index (Phi) is 2.90. The van der Waals surface area contributed by atoms with Crippen molar-refractivity contribution in [1.29, 1.82) is 0 Å². The molecule has 2 rings (SSSR count). The second-order valence-electron chi connectivity index (χ2n) is 4.43. The van der Waals surface area contributed by atoms with E-state index in [9.17, 15) is 4.79 Å². The Hall–Kier alpha value is -0.790. The van der Waals surface area contributed by atoms with E-state index in [0.717, 1.165) is 12.5 Å². The van der Waals surface area contributed by atoms with Gasteiger partial charge in [0.05, 0.1) is 0 Å². The molecule has 0 aromatic carbocycles. The van der Waals surface area contributed by atoms with Crippen molar-refractivity contribution in [3.8, 4) is 0 Å². The van der Waals surface area contributed by atoms with Gasteiger partial charge in [0, 0.05) is 12.6 Å². The van der Waals surface area contributed by atoms with Gasteiger partial charge < -0.3 is 4.90 Å². The highest BCUT2D eigenvalue weighted by atomic mass is 16.2. The van der Waals surface area contributed by atoms with Crippen LogP contribution in [0.2, 0.25) is 0 Å². The van der Waals surface area contributed by atoms with Crippen LogP contribution in [0.15, 0.2) is 12.2 Å². The zero-order valence-electron chi connectivity index (χ0n) is 8.91. The lowest BCUT2D eigenvalue weighted by molar-refractivity contribution is -0.127. The highest BCUT2D eigenvalue weighted by Crippen LogP contribution is 2.36. The summed E-state index contributed by atoms with van der Waals surface area (Å²) in [4.78, 5) is 13.8. The van der Waals surface area contributed by atoms with Crippen molar-refractivity contribution in [2.75, 3.05) is 6.54 Å². The summed E-state index contributed by atoms with van der Waals surface area (Å²) in [5.41, 5.74) is 0. The van der Waals surface area contributed by atoms with E-state index in [1.807, 2.05) is 13.0 Å². The van der Waals surface area contributed by atoms with E-state index >= 15 is 0 Å². The minimum atomic E-state index is 0.224. The van der Waals surface area contributed by atoms with Gasteiger partial charge in [0.1, 0.15) is 0 Å². The third kappa shape index (κ3) is 1.70. The highest BCUT2D eigenvalue weighted by molar-refractivity contribution is 5.88. The van der Waals surface area contributed by atoms with Gasteiger partial charge in [-0.05, 0) is 38.2 Å². The van der Waals surface area contributed by atoms with Crippen LogP contribution in [0.4, 0.5) is 0 Å². The number of hydrogen-bond donors (Lipinski definition) is 0. The Morgan fingerprint density at radius 3 is 2.86 bits per heavy atom. The second-order valence-corrected chi connectivity index (χ2v) is 4.43. The molecular weight excluding hydrogens is 174 g/mol. The summed E-state index contributed by atoms with van der Waals surface area (Å²) in [5, 5.41) is 0. The normalized spacial score (nSPS) is 32.2. The SMILES string of the molecule is C/C=C/C(=O)N1CCC2CCCCC21. The fraction of sp³-hybridized carbons (Fsp3) is 0.750. The van der Waals surface area contributed by atoms with E-state index in [-0.39, 0.29) is 5.91 Å². The zero-order valence-corrected chi connectivity index (χ0v) is 8.91. The summed E-state index contributed by atoms with van der Waals surface area (Å²) in [6.07, 6.45) is 10.0. The maximum atomic E-state index is 11.7. The molecule has 0 aromatic rings. The van der Waals surface area contributed by atoms with Crippen LogP contribution in [0.5, 0.6) is 0 Å². The number of allylic oxidation sites excluding steroid dienone is 1. The van der Waals surface area contributed by atoms with Crippen molar-refractivity contribution in [3.05, 3.63) is 12.2 Å². The summed E-state index contributed by atoms with van der Waals surface area (Å²) in [5.74, 6) is 1.03. The van der Waals surface area contributed by atoms with E-state index in [2.05, 4.69) is 4.90 Å². The molecule has 78 valence electrons. The molecule has 0 spiro atoms. The predicted octanol–water partition coefficient (Wildman–Crippen LogP) is 2.35. The van der Waals surface area contributed by atoms with Gasteiger partial charge in [0.25, 0.3) is 0 Å². The maximum absolute atomic E-state index is 11.7. The van der Waals surface area contributed by atoms with E-state index in [1.165, 1.54) is 32.1 Å². The van der Waals surface area contributed by atoms with Crippen molar-refractivity contribution in [1.82, 2.24) is 4.90 Å². The summed E-state index contributed by atoms with van der Waals surface area (Å²) >= 11 is 0. The van der Waals surface area contributed by atoms with E-state index in [0.29, 0.717) is 6.04 Å². The molecule has 2 aliphatic rings. The topological polar surface area (TPSA) is 20.3 Å². The lowest BCUT2D eigenvalue weighted by Crippen LogP contribution is -2.38. The molecule has 1 aliphatic heterocycles. The monoisotopic (exact) mass is 193 g/mol. The molecule has 2 atom stereocenters. The fourth-order valence-electron chi connectivity index (χ4n) is 2.92. The molecule has 2 fully saturated rings. The molecule has 1 saturated heterocycles. The van der Waals surface area contributed by atoms with Crippen LogP contribution in [-0.4, -0.2) is 23.4 Å². The van der Waals surface area contributed by atoms with Gasteiger partial charge >= 0.3 is 0 Å². The molecule has 0 N–H and O–H groups in total. The number of carbonyl (C=O) groups is 1. The van der Waals surface area contributed by atoms with Crippen molar-refractivity contribution < 1.29 is 4.79 Å². The molecule has 14 heavy (non-hydrogen) atoms. The Balaban J connectivity index is 2.03. The molecule has 2 nitrogen and oxygen atoms in total. The van der Waals surface area contributed by atoms with Gasteiger partial charge in [-0.25, -0.2) is 0 Å². The van der Waals surface area contributed by atoms with Gasteiger partial charge in [0.2, 0.25) is 5.91 Å². The van der Waals surface area contributed by atoms with Crippen LogP contribution in [-0.2, 0) is 4.79 Å². The fourth-order valence-corrected chi connectivity index (χ4v) is 2.92. The predicted molar refractivity (Wildman–Crippen MR) is 56.9 cm³/mol. The number of rotatable bonds is 1. The van der Waals surface area contributed by atoms with Gasteiger partial charge in [-0.2, -0.15) is 0 Å². The van der Waals surface area contributed by atoms with Gasteiger partial charge in [-0.15, -0.1) is 0 Å². The molecule has 1 aliphatic carbocycles.